The van der Waals surface area contributed by atoms with Crippen molar-refractivity contribution in [2.24, 2.45) is 11.8 Å². The van der Waals surface area contributed by atoms with Crippen LogP contribution in [0.3, 0.4) is 0 Å². The predicted molar refractivity (Wildman–Crippen MR) is 118 cm³/mol. The Labute approximate surface area is 201 Å². The van der Waals surface area contributed by atoms with E-state index in [4.69, 9.17) is 11.6 Å². The molecule has 2 bridgehead atoms. The lowest BCUT2D eigenvalue weighted by Gasteiger charge is -2.48. The summed E-state index contributed by atoms with van der Waals surface area (Å²) in [4.78, 5) is 40.6. The van der Waals surface area contributed by atoms with Crippen LogP contribution in [0.1, 0.15) is 33.7 Å². The van der Waals surface area contributed by atoms with Gasteiger partial charge in [0.05, 0.1) is 22.2 Å². The number of nitrogens with zero attached hydrogens (tertiary/aromatic N) is 2. The largest absolute Gasteiger partial charge is 0.416 e. The summed E-state index contributed by atoms with van der Waals surface area (Å²) in [6.07, 6.45) is -4.74. The van der Waals surface area contributed by atoms with E-state index in [-0.39, 0.29) is 5.02 Å². The second-order valence-corrected chi connectivity index (χ2v) is 9.26. The highest BCUT2D eigenvalue weighted by Crippen LogP contribution is 2.64. The molecule has 7 rings (SSSR count). The number of benzene rings is 3. The fraction of sp³-hybridized carbons (Fsp3) is 0.200. The summed E-state index contributed by atoms with van der Waals surface area (Å²) in [7, 11) is 0. The lowest BCUT2D eigenvalue weighted by molar-refractivity contribution is -0.578. The Balaban J connectivity index is 1.63. The van der Waals surface area contributed by atoms with Gasteiger partial charge >= 0.3 is 6.18 Å². The van der Waals surface area contributed by atoms with Crippen molar-refractivity contribution in [2.45, 2.75) is 17.6 Å². The van der Waals surface area contributed by atoms with Crippen molar-refractivity contribution >= 4 is 29.1 Å². The Morgan fingerprint density at radius 1 is 0.914 bits per heavy atom. The zero-order valence-electron chi connectivity index (χ0n) is 17.6. The van der Waals surface area contributed by atoms with E-state index in [2.05, 4.69) is 0 Å². The Bertz CT molecular complexity index is 1420. The summed E-state index contributed by atoms with van der Waals surface area (Å²) >= 11 is 6.17. The number of rotatable bonds is 2. The van der Waals surface area contributed by atoms with Gasteiger partial charge in [0.15, 0.2) is 0 Å². The second-order valence-electron chi connectivity index (χ2n) is 8.85. The highest BCUT2D eigenvalue weighted by Gasteiger charge is 2.75. The number of anilines is 1. The Hall–Kier alpha value is -3.72. The first-order valence-electron chi connectivity index (χ1n) is 10.7. The number of hydrogen-bond donors (Lipinski definition) is 0. The molecule has 0 unspecified atom stereocenters. The maximum Gasteiger partial charge on any atom is 0.416 e. The van der Waals surface area contributed by atoms with Gasteiger partial charge in [-0.3, -0.25) is 19.7 Å². The molecule has 2 amide bonds. The maximum absolute atomic E-state index is 13.8. The van der Waals surface area contributed by atoms with Gasteiger partial charge < -0.3 is 0 Å². The molecule has 1 saturated heterocycles. The third-order valence-electron chi connectivity index (χ3n) is 7.38. The number of nitro groups is 1. The second kappa shape index (κ2) is 6.91. The fourth-order valence-electron chi connectivity index (χ4n) is 6.14. The van der Waals surface area contributed by atoms with E-state index in [0.717, 1.165) is 12.1 Å². The van der Waals surface area contributed by atoms with Gasteiger partial charge in [-0.25, -0.2) is 4.90 Å². The minimum Gasteiger partial charge on any atom is -0.274 e. The zero-order chi connectivity index (χ0) is 24.9. The van der Waals surface area contributed by atoms with Crippen LogP contribution in [0.5, 0.6) is 0 Å². The fourth-order valence-corrected chi connectivity index (χ4v) is 6.34. The van der Waals surface area contributed by atoms with Crippen molar-refractivity contribution < 1.29 is 27.7 Å². The van der Waals surface area contributed by atoms with E-state index in [1.807, 2.05) is 0 Å². The first kappa shape index (κ1) is 21.8. The molecule has 176 valence electrons. The van der Waals surface area contributed by atoms with Gasteiger partial charge in [0.25, 0.3) is 5.54 Å². The van der Waals surface area contributed by atoms with Crippen LogP contribution in [-0.4, -0.2) is 16.7 Å². The Morgan fingerprint density at radius 3 is 2.03 bits per heavy atom. The molecule has 35 heavy (non-hydrogen) atoms. The van der Waals surface area contributed by atoms with Gasteiger partial charge in [-0.1, -0.05) is 60.1 Å². The molecular formula is C25H14ClF3N2O4. The summed E-state index contributed by atoms with van der Waals surface area (Å²) < 4.78 is 40.2. The molecule has 1 aliphatic heterocycles. The molecule has 4 aliphatic rings. The van der Waals surface area contributed by atoms with Gasteiger partial charge in [0, 0.05) is 22.0 Å². The molecule has 2 atom stereocenters. The smallest absolute Gasteiger partial charge is 0.274 e. The van der Waals surface area contributed by atoms with E-state index in [0.29, 0.717) is 33.2 Å². The number of imide groups is 1. The molecule has 3 aliphatic carbocycles. The maximum atomic E-state index is 13.8. The van der Waals surface area contributed by atoms with Crippen LogP contribution < -0.4 is 4.90 Å². The molecule has 3 aromatic carbocycles. The lowest BCUT2D eigenvalue weighted by Crippen LogP contribution is -2.57. The summed E-state index contributed by atoms with van der Waals surface area (Å²) in [5.74, 6) is -5.01. The SMILES string of the molecule is O=C1[C@H]2C3c4ccccc4C([N+](=O)[O-])(c4ccccc43)[C@H]2C(=O)N1c1cc(C(F)(F)F)ccc1Cl. The monoisotopic (exact) mass is 498 g/mol. The topological polar surface area (TPSA) is 80.5 Å². The normalized spacial score (nSPS) is 26.4. The molecule has 0 spiro atoms. The van der Waals surface area contributed by atoms with Crippen LogP contribution in [-0.2, 0) is 21.3 Å². The summed E-state index contributed by atoms with van der Waals surface area (Å²) in [5.41, 5.74) is -1.85. The molecule has 0 N–H and O–H groups in total. The standard InChI is InChI=1S/C25H14ClF3N2O4/c26-17-10-9-12(25(27,28)29)11-18(17)30-22(32)20-19-13-5-1-3-7-15(13)24(31(34)35,21(20)23(30)33)16-8-4-2-6-14(16)19/h1-11,19-21H/t19?,20-,21+,24?/m0/s1. The third-order valence-corrected chi connectivity index (χ3v) is 7.70. The molecule has 1 heterocycles. The zero-order valence-corrected chi connectivity index (χ0v) is 18.4. The minimum atomic E-state index is -4.74. The van der Waals surface area contributed by atoms with E-state index in [1.54, 1.807) is 48.5 Å². The quantitative estimate of drug-likeness (QED) is 0.278. The average Bonchev–Trinajstić information content (AvgIpc) is 3.09. The van der Waals surface area contributed by atoms with Crippen molar-refractivity contribution in [1.29, 1.82) is 0 Å². The highest BCUT2D eigenvalue weighted by molar-refractivity contribution is 6.36. The Kier molecular flexibility index (Phi) is 4.30. The van der Waals surface area contributed by atoms with Gasteiger partial charge in [-0.15, -0.1) is 0 Å². The first-order valence-corrected chi connectivity index (χ1v) is 11.1. The molecule has 3 aromatic rings. The van der Waals surface area contributed by atoms with Gasteiger partial charge in [-0.2, -0.15) is 13.2 Å². The molecule has 6 nitrogen and oxygen atoms in total. The molecule has 0 saturated carbocycles. The van der Waals surface area contributed by atoms with E-state index < -0.39 is 57.5 Å². The van der Waals surface area contributed by atoms with Crippen molar-refractivity contribution in [2.75, 3.05) is 4.90 Å². The molecule has 0 radical (unpaired) electrons. The average molecular weight is 499 g/mol. The number of carbonyl (C=O) groups excluding carboxylic acids is 2. The molecule has 0 aromatic heterocycles. The van der Waals surface area contributed by atoms with Crippen molar-refractivity contribution in [3.8, 4) is 0 Å². The van der Waals surface area contributed by atoms with Gasteiger partial charge in [-0.05, 0) is 29.3 Å². The number of alkyl halides is 3. The van der Waals surface area contributed by atoms with Crippen LogP contribution >= 0.6 is 11.6 Å². The van der Waals surface area contributed by atoms with Crippen LogP contribution in [0.4, 0.5) is 18.9 Å². The van der Waals surface area contributed by atoms with E-state index >= 15 is 0 Å². The predicted octanol–water partition coefficient (Wildman–Crippen LogP) is 5.14. The van der Waals surface area contributed by atoms with E-state index in [1.165, 1.54) is 0 Å². The van der Waals surface area contributed by atoms with Crippen LogP contribution in [0.15, 0.2) is 66.7 Å². The first-order chi connectivity index (χ1) is 16.6. The highest BCUT2D eigenvalue weighted by atomic mass is 35.5. The van der Waals surface area contributed by atoms with Gasteiger partial charge in [0.1, 0.15) is 5.92 Å². The van der Waals surface area contributed by atoms with Crippen LogP contribution in [0.25, 0.3) is 0 Å². The number of carbonyl (C=O) groups is 2. The van der Waals surface area contributed by atoms with Crippen LogP contribution in [0.2, 0.25) is 5.02 Å². The van der Waals surface area contributed by atoms with Crippen molar-refractivity contribution in [3.63, 3.8) is 0 Å². The summed E-state index contributed by atoms with van der Waals surface area (Å²) in [6, 6.07) is 15.6. The number of hydrogen-bond acceptors (Lipinski definition) is 4. The molecular weight excluding hydrogens is 485 g/mol. The third kappa shape index (κ3) is 2.56. The van der Waals surface area contributed by atoms with Crippen LogP contribution in [0, 0.1) is 22.0 Å². The lowest BCUT2D eigenvalue weighted by atomic mass is 9.51. The molecule has 10 heteroatoms. The summed E-state index contributed by atoms with van der Waals surface area (Å²) in [5, 5.41) is 12.7. The minimum absolute atomic E-state index is 0.240. The number of halogens is 4. The number of amides is 2. The van der Waals surface area contributed by atoms with Gasteiger partial charge in [0.2, 0.25) is 11.8 Å². The Morgan fingerprint density at radius 2 is 1.49 bits per heavy atom. The van der Waals surface area contributed by atoms with Crippen molar-refractivity contribution in [1.82, 2.24) is 0 Å². The van der Waals surface area contributed by atoms with Crippen molar-refractivity contribution in [3.05, 3.63) is 110 Å². The molecule has 1 fully saturated rings. The summed E-state index contributed by atoms with van der Waals surface area (Å²) in [6.45, 7) is 0. The van der Waals surface area contributed by atoms with E-state index in [9.17, 15) is 32.9 Å².